The molecule has 1 unspecified atom stereocenters. The van der Waals surface area contributed by atoms with Crippen molar-refractivity contribution in [3.05, 3.63) is 0 Å². The number of aliphatic hydroxyl groups is 2. The lowest BCUT2D eigenvalue weighted by Crippen LogP contribution is -2.32. The molecule has 0 spiro atoms. The summed E-state index contributed by atoms with van der Waals surface area (Å²) in [6.07, 6.45) is -0.566. The van der Waals surface area contributed by atoms with Crippen molar-refractivity contribution >= 4 is 6.09 Å². The SMILES string of the molecule is CCC(O)CNC(=O)OCCO. The maximum atomic E-state index is 10.7. The monoisotopic (exact) mass is 177 g/mol. The van der Waals surface area contributed by atoms with Gasteiger partial charge < -0.3 is 20.3 Å². The lowest BCUT2D eigenvalue weighted by atomic mass is 10.3. The lowest BCUT2D eigenvalue weighted by Gasteiger charge is -2.08. The Labute approximate surface area is 71.3 Å². The van der Waals surface area contributed by atoms with Gasteiger partial charge in [-0.15, -0.1) is 0 Å². The Hall–Kier alpha value is -0.810. The van der Waals surface area contributed by atoms with E-state index in [0.717, 1.165) is 0 Å². The molecule has 0 saturated carbocycles. The van der Waals surface area contributed by atoms with Crippen molar-refractivity contribution in [1.82, 2.24) is 5.32 Å². The van der Waals surface area contributed by atoms with E-state index in [9.17, 15) is 4.79 Å². The minimum atomic E-state index is -0.614. The van der Waals surface area contributed by atoms with Crippen LogP contribution in [-0.4, -0.2) is 42.2 Å². The van der Waals surface area contributed by atoms with Crippen molar-refractivity contribution in [2.45, 2.75) is 19.4 Å². The zero-order chi connectivity index (χ0) is 9.40. The van der Waals surface area contributed by atoms with Gasteiger partial charge in [0.2, 0.25) is 0 Å². The summed E-state index contributed by atoms with van der Waals surface area (Å²) >= 11 is 0. The Morgan fingerprint density at radius 3 is 2.83 bits per heavy atom. The zero-order valence-electron chi connectivity index (χ0n) is 7.12. The summed E-state index contributed by atoms with van der Waals surface area (Å²) in [5, 5.41) is 19.6. The van der Waals surface area contributed by atoms with Crippen LogP contribution >= 0.6 is 0 Å². The third-order valence-electron chi connectivity index (χ3n) is 1.28. The van der Waals surface area contributed by atoms with Crippen LogP contribution in [0.25, 0.3) is 0 Å². The number of rotatable bonds is 5. The van der Waals surface area contributed by atoms with Crippen LogP contribution in [0, 0.1) is 0 Å². The zero-order valence-corrected chi connectivity index (χ0v) is 7.12. The molecule has 0 saturated heterocycles. The third kappa shape index (κ3) is 5.94. The molecule has 0 fully saturated rings. The van der Waals surface area contributed by atoms with Crippen LogP contribution in [0.1, 0.15) is 13.3 Å². The predicted octanol–water partition coefficient (Wildman–Crippen LogP) is -0.524. The molecule has 12 heavy (non-hydrogen) atoms. The molecule has 0 aliphatic heterocycles. The molecule has 0 aromatic carbocycles. The summed E-state index contributed by atoms with van der Waals surface area (Å²) in [5.74, 6) is 0. The number of amides is 1. The van der Waals surface area contributed by atoms with Gasteiger partial charge in [0.1, 0.15) is 6.61 Å². The summed E-state index contributed by atoms with van der Waals surface area (Å²) in [7, 11) is 0. The van der Waals surface area contributed by atoms with Gasteiger partial charge in [-0.05, 0) is 6.42 Å². The van der Waals surface area contributed by atoms with E-state index in [1.807, 2.05) is 6.92 Å². The summed E-state index contributed by atoms with van der Waals surface area (Å²) in [4.78, 5) is 10.7. The molecule has 1 amide bonds. The number of hydrogen-bond acceptors (Lipinski definition) is 4. The van der Waals surface area contributed by atoms with Crippen LogP contribution in [0.2, 0.25) is 0 Å². The minimum Gasteiger partial charge on any atom is -0.447 e. The standard InChI is InChI=1S/C7H15NO4/c1-2-6(10)5-8-7(11)12-4-3-9/h6,9-10H,2-5H2,1H3,(H,8,11). The Morgan fingerprint density at radius 1 is 1.67 bits per heavy atom. The molecule has 0 rings (SSSR count). The Balaban J connectivity index is 3.31. The summed E-state index contributed by atoms with van der Waals surface area (Å²) in [6, 6.07) is 0. The highest BCUT2D eigenvalue weighted by molar-refractivity contribution is 5.67. The fraction of sp³-hybridized carbons (Fsp3) is 0.857. The number of carbonyl (C=O) groups excluding carboxylic acids is 1. The van der Waals surface area contributed by atoms with Gasteiger partial charge in [0.05, 0.1) is 12.7 Å². The van der Waals surface area contributed by atoms with E-state index in [1.165, 1.54) is 0 Å². The van der Waals surface area contributed by atoms with E-state index in [1.54, 1.807) is 0 Å². The molecule has 0 aromatic rings. The fourth-order valence-corrected chi connectivity index (χ4v) is 0.535. The van der Waals surface area contributed by atoms with Crippen molar-refractivity contribution < 1.29 is 19.7 Å². The largest absolute Gasteiger partial charge is 0.447 e. The van der Waals surface area contributed by atoms with Gasteiger partial charge in [-0.1, -0.05) is 6.92 Å². The van der Waals surface area contributed by atoms with E-state index < -0.39 is 12.2 Å². The van der Waals surface area contributed by atoms with Gasteiger partial charge >= 0.3 is 6.09 Å². The fourth-order valence-electron chi connectivity index (χ4n) is 0.535. The van der Waals surface area contributed by atoms with Gasteiger partial charge in [-0.3, -0.25) is 0 Å². The summed E-state index contributed by atoms with van der Waals surface area (Å²) in [5.41, 5.74) is 0. The maximum absolute atomic E-state index is 10.7. The molecule has 5 nitrogen and oxygen atoms in total. The second-order valence-electron chi connectivity index (χ2n) is 2.30. The smallest absolute Gasteiger partial charge is 0.407 e. The third-order valence-corrected chi connectivity index (χ3v) is 1.28. The second-order valence-corrected chi connectivity index (χ2v) is 2.30. The number of aliphatic hydroxyl groups excluding tert-OH is 2. The molecule has 0 aliphatic carbocycles. The van der Waals surface area contributed by atoms with Gasteiger partial charge in [-0.2, -0.15) is 0 Å². The van der Waals surface area contributed by atoms with Crippen LogP contribution in [0.15, 0.2) is 0 Å². The molecule has 0 bridgehead atoms. The van der Waals surface area contributed by atoms with E-state index in [4.69, 9.17) is 10.2 Å². The first kappa shape index (κ1) is 11.2. The van der Waals surface area contributed by atoms with Crippen LogP contribution in [0.5, 0.6) is 0 Å². The van der Waals surface area contributed by atoms with Crippen LogP contribution in [-0.2, 0) is 4.74 Å². The Bertz CT molecular complexity index is 129. The Kier molecular flexibility index (Phi) is 6.41. The van der Waals surface area contributed by atoms with E-state index in [-0.39, 0.29) is 19.8 Å². The average Bonchev–Trinajstić information content (AvgIpc) is 2.10. The van der Waals surface area contributed by atoms with Crippen LogP contribution in [0.4, 0.5) is 4.79 Å². The predicted molar refractivity (Wildman–Crippen MR) is 42.7 cm³/mol. The van der Waals surface area contributed by atoms with Gasteiger partial charge in [0.15, 0.2) is 0 Å². The van der Waals surface area contributed by atoms with Gasteiger partial charge in [0.25, 0.3) is 0 Å². The lowest BCUT2D eigenvalue weighted by molar-refractivity contribution is 0.110. The van der Waals surface area contributed by atoms with Crippen molar-refractivity contribution in [2.75, 3.05) is 19.8 Å². The first-order valence-electron chi connectivity index (χ1n) is 3.90. The molecule has 0 radical (unpaired) electrons. The molecular formula is C7H15NO4. The van der Waals surface area contributed by atoms with Gasteiger partial charge in [0, 0.05) is 6.54 Å². The number of carbonyl (C=O) groups is 1. The number of ether oxygens (including phenoxy) is 1. The highest BCUT2D eigenvalue weighted by Gasteiger charge is 2.04. The van der Waals surface area contributed by atoms with Crippen LogP contribution < -0.4 is 5.32 Å². The van der Waals surface area contributed by atoms with E-state index in [0.29, 0.717) is 6.42 Å². The molecule has 5 heteroatoms. The van der Waals surface area contributed by atoms with Gasteiger partial charge in [-0.25, -0.2) is 4.79 Å². The number of nitrogens with one attached hydrogen (secondary N) is 1. The first-order chi connectivity index (χ1) is 5.70. The minimum absolute atomic E-state index is 0.0198. The van der Waals surface area contributed by atoms with Crippen molar-refractivity contribution in [3.63, 3.8) is 0 Å². The molecule has 3 N–H and O–H groups in total. The van der Waals surface area contributed by atoms with E-state index >= 15 is 0 Å². The number of hydrogen-bond donors (Lipinski definition) is 3. The van der Waals surface area contributed by atoms with E-state index in [2.05, 4.69) is 10.1 Å². The van der Waals surface area contributed by atoms with Crippen molar-refractivity contribution in [2.24, 2.45) is 0 Å². The Morgan fingerprint density at radius 2 is 2.33 bits per heavy atom. The second kappa shape index (κ2) is 6.87. The van der Waals surface area contributed by atoms with Crippen molar-refractivity contribution in [3.8, 4) is 0 Å². The summed E-state index contributed by atoms with van der Waals surface area (Å²) in [6.45, 7) is 1.78. The molecule has 72 valence electrons. The molecule has 0 aromatic heterocycles. The average molecular weight is 177 g/mol. The van der Waals surface area contributed by atoms with Crippen LogP contribution in [0.3, 0.4) is 0 Å². The quantitative estimate of drug-likeness (QED) is 0.527. The highest BCUT2D eigenvalue weighted by Crippen LogP contribution is 1.86. The normalized spacial score (nSPS) is 12.2. The maximum Gasteiger partial charge on any atom is 0.407 e. The molecule has 0 aliphatic rings. The first-order valence-corrected chi connectivity index (χ1v) is 3.90. The summed E-state index contributed by atoms with van der Waals surface area (Å²) < 4.78 is 4.47. The van der Waals surface area contributed by atoms with Crippen molar-refractivity contribution in [1.29, 1.82) is 0 Å². The topological polar surface area (TPSA) is 78.8 Å². The number of alkyl carbamates (subject to hydrolysis) is 1. The molecule has 0 heterocycles. The molecule has 1 atom stereocenters. The molecular weight excluding hydrogens is 162 g/mol. The highest BCUT2D eigenvalue weighted by atomic mass is 16.6.